The Labute approximate surface area is 245 Å². The van der Waals surface area contributed by atoms with Crippen molar-refractivity contribution < 1.29 is 9.59 Å². The monoisotopic (exact) mass is 592 g/mol. The maximum atomic E-state index is 14.1. The number of rotatable bonds is 16. The summed E-state index contributed by atoms with van der Waals surface area (Å²) in [5, 5.41) is 0. The van der Waals surface area contributed by atoms with Gasteiger partial charge < -0.3 is 9.80 Å². The molecule has 0 N–H and O–H groups in total. The molecule has 8 heteroatoms. The van der Waals surface area contributed by atoms with E-state index in [1.807, 2.05) is 34.1 Å². The Bertz CT molecular complexity index is 1100. The molecule has 0 aliphatic carbocycles. The Balaban J connectivity index is 1.66. The maximum Gasteiger partial charge on any atom is 0.261 e. The number of amides is 2. The highest BCUT2D eigenvalue weighted by Crippen LogP contribution is 2.49. The van der Waals surface area contributed by atoms with Gasteiger partial charge in [-0.15, -0.1) is 22.7 Å². The van der Waals surface area contributed by atoms with E-state index in [0.29, 0.717) is 32.9 Å². The SMILES string of the molecule is CCCCCCCCN1C(=O)C2=C(c3ccc(Cl)s3)N(CCCCCCCC)C(=O)C2=C1c1ccc(Cl)s1. The largest absolute Gasteiger partial charge is 0.306 e. The summed E-state index contributed by atoms with van der Waals surface area (Å²) in [6.07, 6.45) is 13.6. The van der Waals surface area contributed by atoms with Crippen molar-refractivity contribution in [1.29, 1.82) is 0 Å². The van der Waals surface area contributed by atoms with Crippen LogP contribution in [0.2, 0.25) is 8.67 Å². The van der Waals surface area contributed by atoms with Crippen molar-refractivity contribution in [3.8, 4) is 0 Å². The minimum Gasteiger partial charge on any atom is -0.306 e. The van der Waals surface area contributed by atoms with E-state index < -0.39 is 0 Å². The highest BCUT2D eigenvalue weighted by Gasteiger charge is 2.49. The lowest BCUT2D eigenvalue weighted by atomic mass is 10.1. The van der Waals surface area contributed by atoms with E-state index >= 15 is 0 Å². The fourth-order valence-electron chi connectivity index (χ4n) is 5.32. The van der Waals surface area contributed by atoms with Crippen LogP contribution in [0.25, 0.3) is 11.4 Å². The van der Waals surface area contributed by atoms with Crippen molar-refractivity contribution in [1.82, 2.24) is 9.80 Å². The van der Waals surface area contributed by atoms with Gasteiger partial charge in [0.1, 0.15) is 0 Å². The van der Waals surface area contributed by atoms with Crippen LogP contribution in [-0.2, 0) is 9.59 Å². The molecule has 2 aromatic rings. The summed E-state index contributed by atoms with van der Waals surface area (Å²) in [5.74, 6) is -0.155. The number of hydrogen-bond acceptors (Lipinski definition) is 4. The Morgan fingerprint density at radius 3 is 1.29 bits per heavy atom. The molecule has 0 atom stereocenters. The first-order chi connectivity index (χ1) is 18.5. The number of hydrogen-bond donors (Lipinski definition) is 0. The van der Waals surface area contributed by atoms with Gasteiger partial charge in [-0.2, -0.15) is 0 Å². The molecule has 2 aliphatic heterocycles. The number of nitrogens with zero attached hydrogens (tertiary/aromatic N) is 2. The van der Waals surface area contributed by atoms with Crippen LogP contribution >= 0.6 is 45.9 Å². The smallest absolute Gasteiger partial charge is 0.261 e. The molecule has 0 unspecified atom stereocenters. The lowest BCUT2D eigenvalue weighted by Crippen LogP contribution is -2.30. The molecule has 0 saturated heterocycles. The van der Waals surface area contributed by atoms with Crippen LogP contribution in [0.4, 0.5) is 0 Å². The number of fused-ring (bicyclic) bond motifs is 1. The molecule has 2 amide bonds. The fraction of sp³-hybridized carbons (Fsp3) is 0.533. The molecule has 4 nitrogen and oxygen atoms in total. The lowest BCUT2D eigenvalue weighted by Gasteiger charge is -2.24. The van der Waals surface area contributed by atoms with E-state index in [-0.39, 0.29) is 11.8 Å². The van der Waals surface area contributed by atoms with Gasteiger partial charge in [-0.05, 0) is 37.1 Å². The summed E-state index contributed by atoms with van der Waals surface area (Å²) < 4.78 is 1.30. The average molecular weight is 594 g/mol. The normalized spacial score (nSPS) is 15.6. The van der Waals surface area contributed by atoms with Gasteiger partial charge in [0.15, 0.2) is 0 Å². The molecular weight excluding hydrogens is 555 g/mol. The van der Waals surface area contributed by atoms with Crippen molar-refractivity contribution in [2.45, 2.75) is 90.9 Å². The van der Waals surface area contributed by atoms with Gasteiger partial charge in [0.2, 0.25) is 0 Å². The van der Waals surface area contributed by atoms with Crippen molar-refractivity contribution in [3.05, 3.63) is 53.8 Å². The topological polar surface area (TPSA) is 40.6 Å². The van der Waals surface area contributed by atoms with Gasteiger partial charge in [0.05, 0.1) is 41.0 Å². The summed E-state index contributed by atoms with van der Waals surface area (Å²) in [5.41, 5.74) is 2.52. The molecule has 206 valence electrons. The van der Waals surface area contributed by atoms with Gasteiger partial charge in [-0.1, -0.05) is 101 Å². The van der Waals surface area contributed by atoms with E-state index in [0.717, 1.165) is 46.8 Å². The van der Waals surface area contributed by atoms with Gasteiger partial charge in [-0.3, -0.25) is 9.59 Å². The second kappa shape index (κ2) is 14.2. The van der Waals surface area contributed by atoms with Gasteiger partial charge >= 0.3 is 0 Å². The van der Waals surface area contributed by atoms with Crippen LogP contribution in [0.1, 0.15) is 101 Å². The summed E-state index contributed by atoms with van der Waals surface area (Å²) in [4.78, 5) is 33.5. The Morgan fingerprint density at radius 1 is 0.579 bits per heavy atom. The average Bonchev–Trinajstić information content (AvgIpc) is 3.65. The molecular formula is C30H38Cl2N2O2S2. The quantitative estimate of drug-likeness (QED) is 0.182. The summed E-state index contributed by atoms with van der Waals surface area (Å²) in [7, 11) is 0. The van der Waals surface area contributed by atoms with E-state index in [1.165, 1.54) is 74.0 Å². The molecule has 4 rings (SSSR count). The lowest BCUT2D eigenvalue weighted by molar-refractivity contribution is -0.124. The van der Waals surface area contributed by atoms with Crippen molar-refractivity contribution in [2.24, 2.45) is 0 Å². The second-order valence-electron chi connectivity index (χ2n) is 10.1. The predicted octanol–water partition coefficient (Wildman–Crippen LogP) is 9.64. The molecule has 0 radical (unpaired) electrons. The Morgan fingerprint density at radius 2 is 0.947 bits per heavy atom. The minimum atomic E-state index is -0.0774. The first kappa shape index (κ1) is 29.4. The van der Waals surface area contributed by atoms with E-state index in [1.54, 1.807) is 0 Å². The van der Waals surface area contributed by atoms with E-state index in [4.69, 9.17) is 23.2 Å². The molecule has 4 heterocycles. The molecule has 0 bridgehead atoms. The van der Waals surface area contributed by atoms with Crippen LogP contribution < -0.4 is 0 Å². The van der Waals surface area contributed by atoms with Crippen LogP contribution in [0.15, 0.2) is 35.4 Å². The zero-order chi connectivity index (χ0) is 27.1. The Hall–Kier alpha value is -1.60. The van der Waals surface area contributed by atoms with Crippen molar-refractivity contribution >= 4 is 69.1 Å². The van der Waals surface area contributed by atoms with Gasteiger partial charge in [0.25, 0.3) is 11.8 Å². The van der Waals surface area contributed by atoms with Gasteiger partial charge in [0, 0.05) is 13.1 Å². The number of unbranched alkanes of at least 4 members (excludes halogenated alkanes) is 10. The summed E-state index contributed by atoms with van der Waals surface area (Å²) in [6.45, 7) is 5.63. The predicted molar refractivity (Wildman–Crippen MR) is 163 cm³/mol. The van der Waals surface area contributed by atoms with Gasteiger partial charge in [-0.25, -0.2) is 0 Å². The summed E-state index contributed by atoms with van der Waals surface area (Å²) >= 11 is 15.5. The summed E-state index contributed by atoms with van der Waals surface area (Å²) in [6, 6.07) is 7.56. The number of halogens is 2. The third kappa shape index (κ3) is 6.57. The third-order valence-electron chi connectivity index (χ3n) is 7.27. The zero-order valence-electron chi connectivity index (χ0n) is 22.5. The van der Waals surface area contributed by atoms with Crippen LogP contribution in [0.5, 0.6) is 0 Å². The standard InChI is InChI=1S/C30H38Cl2N2O2S2/c1-3-5-7-9-11-13-19-33-27(21-15-17-23(31)37-21)25-26(29(33)35)28(22-16-18-24(32)38-22)34(30(25)36)20-14-12-10-8-6-4-2/h15-18H,3-14,19-20H2,1-2H3. The maximum absolute atomic E-state index is 14.1. The molecule has 0 spiro atoms. The second-order valence-corrected chi connectivity index (χ2v) is 13.5. The molecule has 38 heavy (non-hydrogen) atoms. The Kier molecular flexibility index (Phi) is 10.9. The fourth-order valence-corrected chi connectivity index (χ4v) is 7.53. The van der Waals surface area contributed by atoms with E-state index in [2.05, 4.69) is 13.8 Å². The van der Waals surface area contributed by atoms with Crippen molar-refractivity contribution in [2.75, 3.05) is 13.1 Å². The van der Waals surface area contributed by atoms with Crippen molar-refractivity contribution in [3.63, 3.8) is 0 Å². The highest BCUT2D eigenvalue weighted by molar-refractivity contribution is 7.17. The molecule has 0 saturated carbocycles. The first-order valence-corrected chi connectivity index (χ1v) is 16.5. The molecule has 0 fully saturated rings. The van der Waals surface area contributed by atoms with Crippen LogP contribution in [0, 0.1) is 0 Å². The van der Waals surface area contributed by atoms with E-state index in [9.17, 15) is 9.59 Å². The van der Waals surface area contributed by atoms with Crippen LogP contribution in [0.3, 0.4) is 0 Å². The number of carbonyl (C=O) groups is 2. The first-order valence-electron chi connectivity index (χ1n) is 14.1. The minimum absolute atomic E-state index is 0.0774. The molecule has 2 aromatic heterocycles. The number of thiophene rings is 2. The van der Waals surface area contributed by atoms with Crippen LogP contribution in [-0.4, -0.2) is 34.7 Å². The number of carbonyl (C=O) groups excluding carboxylic acids is 2. The highest BCUT2D eigenvalue weighted by atomic mass is 35.5. The molecule has 0 aromatic carbocycles. The molecule has 2 aliphatic rings. The third-order valence-corrected chi connectivity index (χ3v) is 9.74. The zero-order valence-corrected chi connectivity index (χ0v) is 25.6.